The highest BCUT2D eigenvalue weighted by molar-refractivity contribution is 5.89. The zero-order valence-electron chi connectivity index (χ0n) is 10.7. The predicted molar refractivity (Wildman–Crippen MR) is 71.3 cm³/mol. The number of rotatable bonds is 2. The maximum absolute atomic E-state index is 11.6. The highest BCUT2D eigenvalue weighted by atomic mass is 16.2. The minimum atomic E-state index is -0.140. The first-order chi connectivity index (χ1) is 8.56. The standard InChI is InChI=1S/C13H16N4O/c1-16(2)13(18)15-12-6-4-5-10(7-12)11-8-14-17(3)9-11/h4-9H,1-3H3,(H,15,18). The number of nitrogens with one attached hydrogen (secondary N) is 1. The number of carbonyl (C=O) groups excluding carboxylic acids is 1. The van der Waals surface area contributed by atoms with Crippen molar-refractivity contribution in [3.63, 3.8) is 0 Å². The van der Waals surface area contributed by atoms with Crippen LogP contribution in [0.5, 0.6) is 0 Å². The lowest BCUT2D eigenvalue weighted by molar-refractivity contribution is 0.230. The van der Waals surface area contributed by atoms with Crippen LogP contribution in [0.2, 0.25) is 0 Å². The van der Waals surface area contributed by atoms with E-state index in [1.165, 1.54) is 4.90 Å². The quantitative estimate of drug-likeness (QED) is 0.880. The normalized spacial score (nSPS) is 10.2. The summed E-state index contributed by atoms with van der Waals surface area (Å²) in [5, 5.41) is 6.95. The van der Waals surface area contributed by atoms with Crippen molar-refractivity contribution < 1.29 is 4.79 Å². The van der Waals surface area contributed by atoms with Gasteiger partial charge in [0.1, 0.15) is 0 Å². The number of hydrogen-bond donors (Lipinski definition) is 1. The molecule has 0 saturated carbocycles. The van der Waals surface area contributed by atoms with Crippen molar-refractivity contribution in [1.82, 2.24) is 14.7 Å². The molecule has 1 heterocycles. The number of amides is 2. The molecule has 0 aliphatic rings. The molecule has 1 aromatic heterocycles. The minimum absolute atomic E-state index is 0.140. The average molecular weight is 244 g/mol. The Morgan fingerprint density at radius 3 is 2.72 bits per heavy atom. The number of aromatic nitrogens is 2. The minimum Gasteiger partial charge on any atom is -0.331 e. The van der Waals surface area contributed by atoms with Crippen LogP contribution in [0.1, 0.15) is 0 Å². The second-order valence-corrected chi connectivity index (χ2v) is 4.31. The Morgan fingerprint density at radius 1 is 1.33 bits per heavy atom. The van der Waals surface area contributed by atoms with Crippen molar-refractivity contribution in [2.45, 2.75) is 0 Å². The summed E-state index contributed by atoms with van der Waals surface area (Å²) in [6.45, 7) is 0. The highest BCUT2D eigenvalue weighted by Crippen LogP contribution is 2.21. The molecular weight excluding hydrogens is 228 g/mol. The molecule has 0 aliphatic carbocycles. The van der Waals surface area contributed by atoms with Crippen LogP contribution in [0.4, 0.5) is 10.5 Å². The molecule has 5 heteroatoms. The van der Waals surface area contributed by atoms with Gasteiger partial charge in [0.15, 0.2) is 0 Å². The van der Waals surface area contributed by atoms with Gasteiger partial charge in [-0.05, 0) is 17.7 Å². The van der Waals surface area contributed by atoms with Crippen molar-refractivity contribution in [1.29, 1.82) is 0 Å². The van der Waals surface area contributed by atoms with Crippen LogP contribution in [0.15, 0.2) is 36.7 Å². The molecular formula is C13H16N4O. The Morgan fingerprint density at radius 2 is 2.11 bits per heavy atom. The van der Waals surface area contributed by atoms with E-state index in [0.29, 0.717) is 0 Å². The number of hydrogen-bond acceptors (Lipinski definition) is 2. The fourth-order valence-electron chi connectivity index (χ4n) is 1.58. The molecule has 94 valence electrons. The van der Waals surface area contributed by atoms with E-state index in [0.717, 1.165) is 16.8 Å². The number of carbonyl (C=O) groups is 1. The van der Waals surface area contributed by atoms with Crippen molar-refractivity contribution in [2.75, 3.05) is 19.4 Å². The summed E-state index contributed by atoms with van der Waals surface area (Å²) in [7, 11) is 5.29. The third kappa shape index (κ3) is 2.68. The third-order valence-corrected chi connectivity index (χ3v) is 2.56. The first kappa shape index (κ1) is 12.2. The maximum Gasteiger partial charge on any atom is 0.321 e. The van der Waals surface area contributed by atoms with E-state index in [1.54, 1.807) is 25.0 Å². The largest absolute Gasteiger partial charge is 0.331 e. The second-order valence-electron chi connectivity index (χ2n) is 4.31. The smallest absolute Gasteiger partial charge is 0.321 e. The molecule has 2 rings (SSSR count). The molecule has 0 unspecified atom stereocenters. The lowest BCUT2D eigenvalue weighted by atomic mass is 10.1. The van der Waals surface area contributed by atoms with E-state index in [2.05, 4.69) is 10.4 Å². The summed E-state index contributed by atoms with van der Waals surface area (Å²) in [5.41, 5.74) is 2.83. The molecule has 1 aromatic carbocycles. The van der Waals surface area contributed by atoms with Crippen molar-refractivity contribution in [3.05, 3.63) is 36.7 Å². The van der Waals surface area contributed by atoms with Gasteiger partial charge in [-0.1, -0.05) is 12.1 Å². The summed E-state index contributed by atoms with van der Waals surface area (Å²) in [5.74, 6) is 0. The van der Waals surface area contributed by atoms with Crippen LogP contribution in [0.25, 0.3) is 11.1 Å². The molecule has 0 aliphatic heterocycles. The summed E-state index contributed by atoms with van der Waals surface area (Å²) < 4.78 is 1.75. The SMILES string of the molecule is CN(C)C(=O)Nc1cccc(-c2cnn(C)c2)c1. The Bertz CT molecular complexity index is 560. The van der Waals surface area contributed by atoms with E-state index in [9.17, 15) is 4.79 Å². The van der Waals surface area contributed by atoms with Gasteiger partial charge >= 0.3 is 6.03 Å². The summed E-state index contributed by atoms with van der Waals surface area (Å²) >= 11 is 0. The highest BCUT2D eigenvalue weighted by Gasteiger charge is 2.05. The molecule has 0 bridgehead atoms. The van der Waals surface area contributed by atoms with Crippen molar-refractivity contribution in [2.24, 2.45) is 7.05 Å². The average Bonchev–Trinajstić information content (AvgIpc) is 2.76. The van der Waals surface area contributed by atoms with Crippen LogP contribution in [0, 0.1) is 0 Å². The van der Waals surface area contributed by atoms with Gasteiger partial charge in [-0.2, -0.15) is 5.10 Å². The van der Waals surface area contributed by atoms with Gasteiger partial charge in [0.2, 0.25) is 0 Å². The first-order valence-corrected chi connectivity index (χ1v) is 5.63. The van der Waals surface area contributed by atoms with Gasteiger partial charge in [-0.15, -0.1) is 0 Å². The lowest BCUT2D eigenvalue weighted by Crippen LogP contribution is -2.27. The monoisotopic (exact) mass is 244 g/mol. The number of nitrogens with zero attached hydrogens (tertiary/aromatic N) is 3. The Hall–Kier alpha value is -2.30. The fourth-order valence-corrected chi connectivity index (χ4v) is 1.58. The lowest BCUT2D eigenvalue weighted by Gasteiger charge is -2.12. The van der Waals surface area contributed by atoms with E-state index in [-0.39, 0.29) is 6.03 Å². The molecule has 1 N–H and O–H groups in total. The van der Waals surface area contributed by atoms with Crippen molar-refractivity contribution >= 4 is 11.7 Å². The van der Waals surface area contributed by atoms with Crippen LogP contribution in [-0.4, -0.2) is 34.8 Å². The third-order valence-electron chi connectivity index (χ3n) is 2.56. The van der Waals surface area contributed by atoms with Crippen LogP contribution in [-0.2, 0) is 7.05 Å². The molecule has 5 nitrogen and oxygen atoms in total. The fraction of sp³-hybridized carbons (Fsp3) is 0.231. The summed E-state index contributed by atoms with van der Waals surface area (Å²) in [6, 6.07) is 7.55. The van der Waals surface area contributed by atoms with E-state index < -0.39 is 0 Å². The second kappa shape index (κ2) is 4.91. The maximum atomic E-state index is 11.6. The predicted octanol–water partition coefficient (Wildman–Crippen LogP) is 2.18. The Balaban J connectivity index is 2.23. The van der Waals surface area contributed by atoms with Gasteiger partial charge in [0.05, 0.1) is 6.20 Å². The number of aryl methyl sites for hydroxylation is 1. The molecule has 0 spiro atoms. The van der Waals surface area contributed by atoms with Crippen LogP contribution < -0.4 is 5.32 Å². The van der Waals surface area contributed by atoms with Gasteiger partial charge < -0.3 is 10.2 Å². The zero-order valence-corrected chi connectivity index (χ0v) is 10.7. The van der Waals surface area contributed by atoms with Gasteiger partial charge in [-0.3, -0.25) is 4.68 Å². The number of urea groups is 1. The Kier molecular flexibility index (Phi) is 3.32. The molecule has 2 amide bonds. The topological polar surface area (TPSA) is 50.2 Å². The molecule has 18 heavy (non-hydrogen) atoms. The van der Waals surface area contributed by atoms with Gasteiger partial charge in [-0.25, -0.2) is 4.79 Å². The van der Waals surface area contributed by atoms with Crippen molar-refractivity contribution in [3.8, 4) is 11.1 Å². The molecule has 0 atom stereocenters. The van der Waals surface area contributed by atoms with Gasteiger partial charge in [0, 0.05) is 38.6 Å². The summed E-state index contributed by atoms with van der Waals surface area (Å²) in [4.78, 5) is 13.1. The summed E-state index contributed by atoms with van der Waals surface area (Å²) in [6.07, 6.45) is 3.74. The van der Waals surface area contributed by atoms with Crippen LogP contribution in [0.3, 0.4) is 0 Å². The zero-order chi connectivity index (χ0) is 13.1. The molecule has 0 radical (unpaired) electrons. The van der Waals surface area contributed by atoms with Gasteiger partial charge in [0.25, 0.3) is 0 Å². The van der Waals surface area contributed by atoms with E-state index >= 15 is 0 Å². The number of anilines is 1. The van der Waals surface area contributed by atoms with Crippen LogP contribution >= 0.6 is 0 Å². The van der Waals surface area contributed by atoms with E-state index in [1.807, 2.05) is 37.5 Å². The first-order valence-electron chi connectivity index (χ1n) is 5.63. The number of benzene rings is 1. The Labute approximate surface area is 106 Å². The molecule has 2 aromatic rings. The molecule has 0 saturated heterocycles. The van der Waals surface area contributed by atoms with E-state index in [4.69, 9.17) is 0 Å². The molecule has 0 fully saturated rings.